The third kappa shape index (κ3) is 4.55. The van der Waals surface area contributed by atoms with Crippen LogP contribution in [0.5, 0.6) is 5.75 Å². The van der Waals surface area contributed by atoms with Gasteiger partial charge < -0.3 is 10.1 Å². The Morgan fingerprint density at radius 2 is 1.59 bits per heavy atom. The molecule has 2 atom stereocenters. The second-order valence-corrected chi connectivity index (χ2v) is 9.88. The smallest absolute Gasteiger partial charge is 0.123 e. The molecule has 0 unspecified atom stereocenters. The fraction of sp³-hybridized carbons (Fsp3) is 0.355. The maximum atomic E-state index is 5.71. The summed E-state index contributed by atoms with van der Waals surface area (Å²) >= 11 is 0. The summed E-state index contributed by atoms with van der Waals surface area (Å²) in [5.74, 6) is 1.98. The molecule has 0 spiro atoms. The Morgan fingerprint density at radius 3 is 2.15 bits per heavy atom. The van der Waals surface area contributed by atoms with Crippen molar-refractivity contribution in [2.24, 2.45) is 5.92 Å². The quantitative estimate of drug-likeness (QED) is 0.446. The average molecular weight is 453 g/mol. The van der Waals surface area contributed by atoms with E-state index in [1.165, 1.54) is 48.2 Å². The largest absolute Gasteiger partial charge is 0.496 e. The van der Waals surface area contributed by atoms with Gasteiger partial charge in [0.25, 0.3) is 0 Å². The number of nitrogens with zero attached hydrogens (tertiary/aromatic N) is 1. The van der Waals surface area contributed by atoms with Crippen molar-refractivity contribution in [1.82, 2.24) is 10.2 Å². The first kappa shape index (κ1) is 22.9. The lowest BCUT2D eigenvalue weighted by Gasteiger charge is -2.54. The molecule has 0 aromatic heterocycles. The zero-order valence-electron chi connectivity index (χ0n) is 20.4. The maximum absolute atomic E-state index is 5.71. The van der Waals surface area contributed by atoms with Gasteiger partial charge in [-0.1, -0.05) is 78.9 Å². The van der Waals surface area contributed by atoms with E-state index < -0.39 is 0 Å². The minimum absolute atomic E-state index is 0.339. The molecule has 3 aromatic carbocycles. The van der Waals surface area contributed by atoms with Crippen LogP contribution in [-0.2, 0) is 6.54 Å². The van der Waals surface area contributed by atoms with Gasteiger partial charge in [0.2, 0.25) is 0 Å². The van der Waals surface area contributed by atoms with Crippen LogP contribution in [0, 0.1) is 5.92 Å². The minimum atomic E-state index is 0.339. The van der Waals surface area contributed by atoms with Gasteiger partial charge in [-0.3, -0.25) is 4.90 Å². The van der Waals surface area contributed by atoms with Crippen molar-refractivity contribution < 1.29 is 4.74 Å². The molecule has 3 saturated heterocycles. The summed E-state index contributed by atoms with van der Waals surface area (Å²) in [6.45, 7) is 9.38. The molecule has 3 heteroatoms. The van der Waals surface area contributed by atoms with Gasteiger partial charge in [0, 0.05) is 30.1 Å². The van der Waals surface area contributed by atoms with Crippen molar-refractivity contribution in [3.05, 3.63) is 108 Å². The van der Waals surface area contributed by atoms with Crippen molar-refractivity contribution in [2.45, 2.75) is 44.3 Å². The molecular weight excluding hydrogens is 416 g/mol. The summed E-state index contributed by atoms with van der Waals surface area (Å²) in [5.41, 5.74) is 6.27. The number of nitrogens with one attached hydrogen (secondary N) is 1. The monoisotopic (exact) mass is 452 g/mol. The second kappa shape index (κ2) is 10.2. The number of rotatable bonds is 8. The molecule has 3 fully saturated rings. The predicted octanol–water partition coefficient (Wildman–Crippen LogP) is 6.11. The standard InChI is InChI=1S/C31H36N2O/c1-22(2)26-14-15-28(34-3)27(20-26)21-32-30-25-16-18-33(19-17-25)31(30)29(23-10-6-4-7-11-23)24-12-8-5-9-13-24/h4-15,20,25,29-32H,1,16-19,21H2,2-3H3/t30-,31-/m1/s1. The minimum Gasteiger partial charge on any atom is -0.496 e. The highest BCUT2D eigenvalue weighted by Crippen LogP contribution is 2.42. The zero-order chi connectivity index (χ0) is 23.5. The molecule has 3 nitrogen and oxygen atoms in total. The third-order valence-electron chi connectivity index (χ3n) is 7.83. The summed E-state index contributed by atoms with van der Waals surface area (Å²) in [6, 6.07) is 29.4. The number of hydrogen-bond donors (Lipinski definition) is 1. The highest BCUT2D eigenvalue weighted by atomic mass is 16.5. The van der Waals surface area contributed by atoms with Gasteiger partial charge in [-0.05, 0) is 67.6 Å². The number of ether oxygens (including phenoxy) is 1. The first-order valence-corrected chi connectivity index (χ1v) is 12.6. The molecule has 1 N–H and O–H groups in total. The van der Waals surface area contributed by atoms with Crippen molar-refractivity contribution in [2.75, 3.05) is 20.2 Å². The zero-order valence-corrected chi connectivity index (χ0v) is 20.4. The fourth-order valence-corrected chi connectivity index (χ4v) is 6.11. The molecule has 34 heavy (non-hydrogen) atoms. The molecule has 0 radical (unpaired) electrons. The highest BCUT2D eigenvalue weighted by molar-refractivity contribution is 5.63. The van der Waals surface area contributed by atoms with Gasteiger partial charge >= 0.3 is 0 Å². The first-order valence-electron chi connectivity index (χ1n) is 12.6. The Morgan fingerprint density at radius 1 is 0.971 bits per heavy atom. The maximum Gasteiger partial charge on any atom is 0.123 e. The summed E-state index contributed by atoms with van der Waals surface area (Å²) in [6.07, 6.45) is 2.54. The Kier molecular flexibility index (Phi) is 6.85. The second-order valence-electron chi connectivity index (χ2n) is 9.88. The lowest BCUT2D eigenvalue weighted by molar-refractivity contribution is 0.00462. The van der Waals surface area contributed by atoms with Crippen LogP contribution < -0.4 is 10.1 Å². The van der Waals surface area contributed by atoms with Gasteiger partial charge in [-0.15, -0.1) is 0 Å². The lowest BCUT2D eigenvalue weighted by atomic mass is 9.70. The molecule has 176 valence electrons. The van der Waals surface area contributed by atoms with Gasteiger partial charge in [-0.2, -0.15) is 0 Å². The Labute approximate surface area is 204 Å². The molecule has 3 aromatic rings. The number of hydrogen-bond acceptors (Lipinski definition) is 3. The molecule has 0 aliphatic carbocycles. The van der Waals surface area contributed by atoms with Crippen LogP contribution in [0.4, 0.5) is 0 Å². The number of methoxy groups -OCH3 is 1. The van der Waals surface area contributed by atoms with E-state index in [0.717, 1.165) is 17.9 Å². The SMILES string of the molecule is C=C(C)c1ccc(OC)c(CN[C@@H]2C3CCN(CC3)[C@@H]2C(c2ccccc2)c2ccccc2)c1. The van der Waals surface area contributed by atoms with Crippen LogP contribution in [0.15, 0.2) is 85.4 Å². The van der Waals surface area contributed by atoms with Gasteiger partial charge in [0.15, 0.2) is 0 Å². The van der Waals surface area contributed by atoms with Crippen LogP contribution in [0.2, 0.25) is 0 Å². The van der Waals surface area contributed by atoms with Gasteiger partial charge in [0.1, 0.15) is 5.75 Å². The van der Waals surface area contributed by atoms with E-state index in [4.69, 9.17) is 4.74 Å². The van der Waals surface area contributed by atoms with E-state index in [1.54, 1.807) is 7.11 Å². The van der Waals surface area contributed by atoms with Crippen LogP contribution >= 0.6 is 0 Å². The van der Waals surface area contributed by atoms with E-state index in [2.05, 4.69) is 103 Å². The van der Waals surface area contributed by atoms with Crippen molar-refractivity contribution >= 4 is 5.57 Å². The molecule has 6 rings (SSSR count). The number of fused-ring (bicyclic) bond motifs is 3. The summed E-state index contributed by atoms with van der Waals surface area (Å²) in [7, 11) is 1.76. The van der Waals surface area contributed by atoms with E-state index >= 15 is 0 Å². The normalized spacial score (nSPS) is 23.7. The summed E-state index contributed by atoms with van der Waals surface area (Å²) in [5, 5.41) is 4.03. The van der Waals surface area contributed by atoms with E-state index in [9.17, 15) is 0 Å². The van der Waals surface area contributed by atoms with Crippen LogP contribution in [0.3, 0.4) is 0 Å². The fourth-order valence-electron chi connectivity index (χ4n) is 6.11. The Bertz CT molecular complexity index is 1060. The number of allylic oxidation sites excluding steroid dienone is 1. The van der Waals surface area contributed by atoms with Crippen molar-refractivity contribution in [3.8, 4) is 5.75 Å². The summed E-state index contributed by atoms with van der Waals surface area (Å²) < 4.78 is 5.71. The van der Waals surface area contributed by atoms with E-state index in [1.807, 2.05) is 0 Å². The summed E-state index contributed by atoms with van der Waals surface area (Å²) in [4.78, 5) is 2.74. The number of piperidine rings is 3. The molecule has 3 heterocycles. The number of benzene rings is 3. The van der Waals surface area contributed by atoms with E-state index in [-0.39, 0.29) is 0 Å². The van der Waals surface area contributed by atoms with Crippen LogP contribution in [-0.4, -0.2) is 37.2 Å². The van der Waals surface area contributed by atoms with Crippen molar-refractivity contribution in [1.29, 1.82) is 0 Å². The lowest BCUT2D eigenvalue weighted by Crippen LogP contribution is -2.64. The van der Waals surface area contributed by atoms with Gasteiger partial charge in [0.05, 0.1) is 7.11 Å². The van der Waals surface area contributed by atoms with Crippen LogP contribution in [0.25, 0.3) is 5.57 Å². The van der Waals surface area contributed by atoms with Crippen molar-refractivity contribution in [3.63, 3.8) is 0 Å². The highest BCUT2D eigenvalue weighted by Gasteiger charge is 2.46. The molecule has 0 amide bonds. The molecular formula is C31H36N2O. The Hall–Kier alpha value is -2.88. The Balaban J connectivity index is 1.49. The van der Waals surface area contributed by atoms with Gasteiger partial charge in [-0.25, -0.2) is 0 Å². The molecule has 2 bridgehead atoms. The third-order valence-corrected chi connectivity index (χ3v) is 7.83. The molecule has 3 aliphatic rings. The molecule has 3 aliphatic heterocycles. The molecule has 0 saturated carbocycles. The topological polar surface area (TPSA) is 24.5 Å². The van der Waals surface area contributed by atoms with Crippen LogP contribution in [0.1, 0.15) is 47.9 Å². The predicted molar refractivity (Wildman–Crippen MR) is 141 cm³/mol. The first-order chi connectivity index (χ1) is 16.7. The van der Waals surface area contributed by atoms with E-state index in [0.29, 0.717) is 23.9 Å². The average Bonchev–Trinajstić information content (AvgIpc) is 2.89.